The van der Waals surface area contributed by atoms with E-state index >= 15 is 0 Å². The van der Waals surface area contributed by atoms with Crippen molar-refractivity contribution in [2.45, 2.75) is 96.5 Å². The standard InChI is InChI=1S/C29H42F2O2/c1-3-5-25-15-14-24(19-33-25)22-8-6-20(7-9-22)21-10-12-23(13-11-21)26-16-17-27(32-18-4-2)29(31)28(26)30/h3,5,16-17,20-25H,4,6-15,18-19H2,1-2H3. The van der Waals surface area contributed by atoms with Gasteiger partial charge in [0.1, 0.15) is 0 Å². The molecule has 2 atom stereocenters. The quantitative estimate of drug-likeness (QED) is 0.382. The SMILES string of the molecule is CC=CC1CCC(C2CCC(C3CCC(c4ccc(OCCC)c(F)c4F)CC3)CC2)CO1. The van der Waals surface area contributed by atoms with Gasteiger partial charge in [0.05, 0.1) is 19.3 Å². The number of ether oxygens (including phenoxy) is 2. The smallest absolute Gasteiger partial charge is 0.200 e. The summed E-state index contributed by atoms with van der Waals surface area (Å²) in [4.78, 5) is 0. The highest BCUT2D eigenvalue weighted by molar-refractivity contribution is 5.33. The Labute approximate surface area is 199 Å². The van der Waals surface area contributed by atoms with E-state index in [2.05, 4.69) is 19.1 Å². The fourth-order valence-electron chi connectivity index (χ4n) is 6.71. The van der Waals surface area contributed by atoms with E-state index in [0.29, 0.717) is 18.3 Å². The molecule has 1 saturated heterocycles. The van der Waals surface area contributed by atoms with Crippen molar-refractivity contribution in [3.8, 4) is 5.75 Å². The van der Waals surface area contributed by atoms with Crippen LogP contribution >= 0.6 is 0 Å². The lowest BCUT2D eigenvalue weighted by molar-refractivity contribution is -0.0190. The van der Waals surface area contributed by atoms with Crippen molar-refractivity contribution in [1.82, 2.24) is 0 Å². The number of benzene rings is 1. The molecule has 2 saturated carbocycles. The summed E-state index contributed by atoms with van der Waals surface area (Å²) >= 11 is 0. The summed E-state index contributed by atoms with van der Waals surface area (Å²) in [5.41, 5.74) is 0.548. The van der Waals surface area contributed by atoms with Crippen molar-refractivity contribution in [2.75, 3.05) is 13.2 Å². The van der Waals surface area contributed by atoms with E-state index in [4.69, 9.17) is 9.47 Å². The van der Waals surface area contributed by atoms with Gasteiger partial charge in [-0.25, -0.2) is 4.39 Å². The van der Waals surface area contributed by atoms with Crippen molar-refractivity contribution in [1.29, 1.82) is 0 Å². The van der Waals surface area contributed by atoms with E-state index < -0.39 is 11.6 Å². The number of hydrogen-bond acceptors (Lipinski definition) is 2. The van der Waals surface area contributed by atoms with Crippen LogP contribution in [0.15, 0.2) is 24.3 Å². The van der Waals surface area contributed by atoms with Crippen LogP contribution in [-0.2, 0) is 4.74 Å². The predicted molar refractivity (Wildman–Crippen MR) is 130 cm³/mol. The molecule has 4 heteroatoms. The van der Waals surface area contributed by atoms with Crippen molar-refractivity contribution in [2.24, 2.45) is 23.7 Å². The molecule has 0 amide bonds. The van der Waals surface area contributed by atoms with Gasteiger partial charge in [-0.1, -0.05) is 25.1 Å². The molecule has 184 valence electrons. The van der Waals surface area contributed by atoms with Gasteiger partial charge in [0, 0.05) is 0 Å². The Morgan fingerprint density at radius 3 is 2.03 bits per heavy atom. The third-order valence-corrected chi connectivity index (χ3v) is 8.65. The summed E-state index contributed by atoms with van der Waals surface area (Å²) in [6, 6.07) is 3.37. The second kappa shape index (κ2) is 11.8. The third-order valence-electron chi connectivity index (χ3n) is 8.65. The monoisotopic (exact) mass is 460 g/mol. The highest BCUT2D eigenvalue weighted by atomic mass is 19.2. The summed E-state index contributed by atoms with van der Waals surface area (Å²) in [6.07, 6.45) is 17.5. The minimum Gasteiger partial charge on any atom is -0.490 e. The fraction of sp³-hybridized carbons (Fsp3) is 0.724. The van der Waals surface area contributed by atoms with Gasteiger partial charge in [0.2, 0.25) is 5.82 Å². The van der Waals surface area contributed by atoms with Crippen LogP contribution in [0.4, 0.5) is 8.78 Å². The molecule has 0 bridgehead atoms. The van der Waals surface area contributed by atoms with Crippen LogP contribution in [0, 0.1) is 35.3 Å². The van der Waals surface area contributed by atoms with Crippen molar-refractivity contribution in [3.05, 3.63) is 41.5 Å². The molecule has 0 aromatic heterocycles. The molecule has 3 aliphatic rings. The van der Waals surface area contributed by atoms with Crippen LogP contribution in [0.3, 0.4) is 0 Å². The average Bonchev–Trinajstić information content (AvgIpc) is 2.86. The maximum absolute atomic E-state index is 14.7. The second-order valence-corrected chi connectivity index (χ2v) is 10.7. The molecule has 2 nitrogen and oxygen atoms in total. The summed E-state index contributed by atoms with van der Waals surface area (Å²) in [7, 11) is 0. The van der Waals surface area contributed by atoms with Gasteiger partial charge in [-0.05, 0) is 119 Å². The Morgan fingerprint density at radius 1 is 0.848 bits per heavy atom. The molecule has 4 rings (SSSR count). The average molecular weight is 461 g/mol. The normalized spacial score (nSPS) is 33.3. The van der Waals surface area contributed by atoms with E-state index in [1.54, 1.807) is 12.1 Å². The molecule has 1 heterocycles. The van der Waals surface area contributed by atoms with Crippen LogP contribution < -0.4 is 4.74 Å². The van der Waals surface area contributed by atoms with Gasteiger partial charge >= 0.3 is 0 Å². The Hall–Kier alpha value is -1.42. The van der Waals surface area contributed by atoms with Crippen molar-refractivity contribution >= 4 is 0 Å². The maximum Gasteiger partial charge on any atom is 0.200 e. The fourth-order valence-corrected chi connectivity index (χ4v) is 6.71. The Bertz CT molecular complexity index is 768. The largest absolute Gasteiger partial charge is 0.490 e. The molecular formula is C29H42F2O2. The van der Waals surface area contributed by atoms with Crippen LogP contribution in [0.2, 0.25) is 0 Å². The number of rotatable bonds is 7. The summed E-state index contributed by atoms with van der Waals surface area (Å²) < 4.78 is 40.6. The molecule has 33 heavy (non-hydrogen) atoms. The number of halogens is 2. The van der Waals surface area contributed by atoms with Crippen molar-refractivity contribution < 1.29 is 18.3 Å². The molecule has 0 N–H and O–H groups in total. The Morgan fingerprint density at radius 2 is 1.45 bits per heavy atom. The molecule has 1 aliphatic heterocycles. The first-order valence-electron chi connectivity index (χ1n) is 13.5. The van der Waals surface area contributed by atoms with E-state index in [1.165, 1.54) is 38.5 Å². The molecule has 2 aliphatic carbocycles. The molecule has 1 aromatic rings. The first-order chi connectivity index (χ1) is 16.1. The highest BCUT2D eigenvalue weighted by Crippen LogP contribution is 2.46. The van der Waals surface area contributed by atoms with Crippen LogP contribution in [0.5, 0.6) is 5.75 Å². The van der Waals surface area contributed by atoms with E-state index in [1.807, 2.05) is 6.92 Å². The zero-order valence-corrected chi connectivity index (χ0v) is 20.5. The molecule has 3 fully saturated rings. The number of hydrogen-bond donors (Lipinski definition) is 0. The summed E-state index contributed by atoms with van der Waals surface area (Å²) in [6.45, 7) is 5.37. The van der Waals surface area contributed by atoms with Gasteiger partial charge in [0.15, 0.2) is 11.6 Å². The van der Waals surface area contributed by atoms with Gasteiger partial charge in [-0.15, -0.1) is 0 Å². The second-order valence-electron chi connectivity index (χ2n) is 10.7. The molecule has 0 radical (unpaired) electrons. The molecular weight excluding hydrogens is 418 g/mol. The first-order valence-corrected chi connectivity index (χ1v) is 13.5. The van der Waals surface area contributed by atoms with E-state index in [9.17, 15) is 8.78 Å². The van der Waals surface area contributed by atoms with Gasteiger partial charge in [0.25, 0.3) is 0 Å². The van der Waals surface area contributed by atoms with E-state index in [-0.39, 0.29) is 11.7 Å². The molecule has 2 unspecified atom stereocenters. The lowest BCUT2D eigenvalue weighted by Gasteiger charge is -2.41. The molecule has 0 spiro atoms. The lowest BCUT2D eigenvalue weighted by Crippen LogP contribution is -2.33. The topological polar surface area (TPSA) is 18.5 Å². The van der Waals surface area contributed by atoms with Gasteiger partial charge in [-0.2, -0.15) is 4.39 Å². The zero-order chi connectivity index (χ0) is 23.2. The van der Waals surface area contributed by atoms with Crippen LogP contribution in [0.25, 0.3) is 0 Å². The van der Waals surface area contributed by atoms with Crippen LogP contribution in [0.1, 0.15) is 96.0 Å². The first kappa shape index (κ1) is 24.7. The Kier molecular flexibility index (Phi) is 8.85. The summed E-state index contributed by atoms with van der Waals surface area (Å²) in [5, 5.41) is 0. The highest BCUT2D eigenvalue weighted by Gasteiger charge is 2.35. The minimum absolute atomic E-state index is 0.0456. The minimum atomic E-state index is -0.815. The zero-order valence-electron chi connectivity index (χ0n) is 20.5. The maximum atomic E-state index is 14.7. The summed E-state index contributed by atoms with van der Waals surface area (Å²) in [5.74, 6) is 1.81. The van der Waals surface area contributed by atoms with Crippen LogP contribution in [-0.4, -0.2) is 19.3 Å². The van der Waals surface area contributed by atoms with Gasteiger partial charge in [-0.3, -0.25) is 0 Å². The predicted octanol–water partition coefficient (Wildman–Crippen LogP) is 8.21. The van der Waals surface area contributed by atoms with Crippen molar-refractivity contribution in [3.63, 3.8) is 0 Å². The third kappa shape index (κ3) is 5.99. The van der Waals surface area contributed by atoms with E-state index in [0.717, 1.165) is 62.4 Å². The van der Waals surface area contributed by atoms with Gasteiger partial charge < -0.3 is 9.47 Å². The Balaban J connectivity index is 1.24. The molecule has 1 aromatic carbocycles. The lowest BCUT2D eigenvalue weighted by atomic mass is 9.66. The number of allylic oxidation sites excluding steroid dienone is 1.